The fourth-order valence-electron chi connectivity index (χ4n) is 3.91. The van der Waals surface area contributed by atoms with Gasteiger partial charge in [-0.1, -0.05) is 0 Å². The zero-order valence-electron chi connectivity index (χ0n) is 17.3. The Morgan fingerprint density at radius 2 is 1.83 bits per heavy atom. The lowest BCUT2D eigenvalue weighted by atomic mass is 10.0. The first-order valence-corrected chi connectivity index (χ1v) is 10.3. The number of aryl methyl sites for hydroxylation is 1. The van der Waals surface area contributed by atoms with E-state index in [-0.39, 0.29) is 18.0 Å². The van der Waals surface area contributed by atoms with Crippen molar-refractivity contribution in [2.24, 2.45) is 0 Å². The third-order valence-corrected chi connectivity index (χ3v) is 5.53. The molecule has 160 valence electrons. The molecule has 2 aliphatic rings. The number of anilines is 1. The van der Waals surface area contributed by atoms with Gasteiger partial charge in [0.25, 0.3) is 0 Å². The van der Waals surface area contributed by atoms with Crippen LogP contribution in [0.3, 0.4) is 0 Å². The van der Waals surface area contributed by atoms with Gasteiger partial charge in [-0.3, -0.25) is 4.79 Å². The summed E-state index contributed by atoms with van der Waals surface area (Å²) in [7, 11) is 0. The highest BCUT2D eigenvalue weighted by Crippen LogP contribution is 2.33. The standard InChI is InChI=1S/C22H27N3O5/c1-15-3-5-19(30-15)14-25(18-7-9-24(10-8-18)16(2)26)22(27)23-17-4-6-20-21(13-17)29-12-11-28-20/h3-6,13,18H,7-12,14H2,1-2H3,(H,23,27). The molecule has 2 aliphatic heterocycles. The van der Waals surface area contributed by atoms with Gasteiger partial charge in [0.15, 0.2) is 11.5 Å². The Morgan fingerprint density at radius 1 is 1.10 bits per heavy atom. The van der Waals surface area contributed by atoms with Crippen molar-refractivity contribution >= 4 is 17.6 Å². The second-order valence-corrected chi connectivity index (χ2v) is 7.67. The SMILES string of the molecule is CC(=O)N1CCC(N(Cc2ccc(C)o2)C(=O)Nc2ccc3c(c2)OCCO3)CC1. The van der Waals surface area contributed by atoms with E-state index in [1.165, 1.54) is 0 Å². The van der Waals surface area contributed by atoms with E-state index in [2.05, 4.69) is 5.32 Å². The fraction of sp³-hybridized carbons (Fsp3) is 0.455. The van der Waals surface area contributed by atoms with Gasteiger partial charge in [0.05, 0.1) is 6.54 Å². The molecule has 0 atom stereocenters. The number of amides is 3. The van der Waals surface area contributed by atoms with Crippen LogP contribution in [0.5, 0.6) is 11.5 Å². The largest absolute Gasteiger partial charge is 0.486 e. The van der Waals surface area contributed by atoms with E-state index in [0.29, 0.717) is 50.0 Å². The molecule has 0 bridgehead atoms. The van der Waals surface area contributed by atoms with E-state index in [1.807, 2.05) is 24.0 Å². The number of rotatable bonds is 4. The predicted octanol–water partition coefficient (Wildman–Crippen LogP) is 3.40. The van der Waals surface area contributed by atoms with Gasteiger partial charge in [-0.2, -0.15) is 0 Å². The molecule has 1 aromatic heterocycles. The van der Waals surface area contributed by atoms with Gasteiger partial charge in [-0.25, -0.2) is 4.79 Å². The van der Waals surface area contributed by atoms with Crippen LogP contribution in [0, 0.1) is 6.92 Å². The molecule has 0 radical (unpaired) electrons. The molecule has 8 heteroatoms. The molecular formula is C22H27N3O5. The summed E-state index contributed by atoms with van der Waals surface area (Å²) in [5, 5.41) is 2.98. The van der Waals surface area contributed by atoms with Gasteiger partial charge in [0.1, 0.15) is 24.7 Å². The molecule has 4 rings (SSSR count). The second-order valence-electron chi connectivity index (χ2n) is 7.67. The lowest BCUT2D eigenvalue weighted by Crippen LogP contribution is -2.49. The Labute approximate surface area is 175 Å². The van der Waals surface area contributed by atoms with Crippen molar-refractivity contribution in [1.82, 2.24) is 9.80 Å². The number of nitrogens with zero attached hydrogens (tertiary/aromatic N) is 2. The number of likely N-dealkylation sites (tertiary alicyclic amines) is 1. The number of furan rings is 1. The lowest BCUT2D eigenvalue weighted by molar-refractivity contribution is -0.130. The van der Waals surface area contributed by atoms with Gasteiger partial charge < -0.3 is 29.0 Å². The number of nitrogens with one attached hydrogen (secondary N) is 1. The molecule has 1 aromatic carbocycles. The Balaban J connectivity index is 1.49. The smallest absolute Gasteiger partial charge is 0.322 e. The average Bonchev–Trinajstić information content (AvgIpc) is 3.16. The molecule has 2 aromatic rings. The summed E-state index contributed by atoms with van der Waals surface area (Å²) in [6.45, 7) is 6.13. The predicted molar refractivity (Wildman–Crippen MR) is 111 cm³/mol. The van der Waals surface area contributed by atoms with E-state index in [9.17, 15) is 9.59 Å². The third-order valence-electron chi connectivity index (χ3n) is 5.53. The second kappa shape index (κ2) is 8.69. The summed E-state index contributed by atoms with van der Waals surface area (Å²) >= 11 is 0. The maximum Gasteiger partial charge on any atom is 0.322 e. The van der Waals surface area contributed by atoms with Crippen LogP contribution in [0.15, 0.2) is 34.7 Å². The number of carbonyl (C=O) groups is 2. The van der Waals surface area contributed by atoms with E-state index in [4.69, 9.17) is 13.9 Å². The molecular weight excluding hydrogens is 386 g/mol. The van der Waals surface area contributed by atoms with Crippen LogP contribution in [0.1, 0.15) is 31.3 Å². The van der Waals surface area contributed by atoms with Crippen LogP contribution < -0.4 is 14.8 Å². The Kier molecular flexibility index (Phi) is 5.83. The number of hydrogen-bond acceptors (Lipinski definition) is 5. The van der Waals surface area contributed by atoms with Gasteiger partial charge in [0, 0.05) is 37.8 Å². The minimum atomic E-state index is -0.206. The van der Waals surface area contributed by atoms with Crippen LogP contribution in [-0.4, -0.2) is 54.1 Å². The first kappa shape index (κ1) is 20.1. The third kappa shape index (κ3) is 4.53. The van der Waals surface area contributed by atoms with Crippen LogP contribution >= 0.6 is 0 Å². The number of benzene rings is 1. The minimum absolute atomic E-state index is 0.0169. The molecule has 0 aliphatic carbocycles. The topological polar surface area (TPSA) is 84.3 Å². The van der Waals surface area contributed by atoms with Gasteiger partial charge in [0.2, 0.25) is 5.91 Å². The van der Waals surface area contributed by atoms with Crippen molar-refractivity contribution in [2.45, 2.75) is 39.3 Å². The number of carbonyl (C=O) groups excluding carboxylic acids is 2. The molecule has 8 nitrogen and oxygen atoms in total. The van der Waals surface area contributed by atoms with Crippen LogP contribution in [0.4, 0.5) is 10.5 Å². The highest BCUT2D eigenvalue weighted by atomic mass is 16.6. The molecule has 1 N–H and O–H groups in total. The molecule has 30 heavy (non-hydrogen) atoms. The summed E-state index contributed by atoms with van der Waals surface area (Å²) < 4.78 is 16.9. The van der Waals surface area contributed by atoms with Gasteiger partial charge in [-0.15, -0.1) is 0 Å². The van der Waals surface area contributed by atoms with E-state index >= 15 is 0 Å². The van der Waals surface area contributed by atoms with Crippen molar-refractivity contribution in [2.75, 3.05) is 31.6 Å². The number of ether oxygens (including phenoxy) is 2. The minimum Gasteiger partial charge on any atom is -0.486 e. The molecule has 0 unspecified atom stereocenters. The Hall–Kier alpha value is -3.16. The van der Waals surface area contributed by atoms with E-state index in [0.717, 1.165) is 24.4 Å². The number of urea groups is 1. The van der Waals surface area contributed by atoms with Crippen molar-refractivity contribution in [1.29, 1.82) is 0 Å². The van der Waals surface area contributed by atoms with Crippen molar-refractivity contribution in [3.8, 4) is 11.5 Å². The van der Waals surface area contributed by atoms with Crippen molar-refractivity contribution in [3.63, 3.8) is 0 Å². The maximum atomic E-state index is 13.2. The lowest BCUT2D eigenvalue weighted by Gasteiger charge is -2.38. The molecule has 0 spiro atoms. The first-order valence-electron chi connectivity index (χ1n) is 10.3. The molecule has 0 saturated carbocycles. The summed E-state index contributed by atoms with van der Waals surface area (Å²) in [6.07, 6.45) is 1.46. The van der Waals surface area contributed by atoms with Gasteiger partial charge >= 0.3 is 6.03 Å². The van der Waals surface area contributed by atoms with Gasteiger partial charge in [-0.05, 0) is 44.0 Å². The quantitative estimate of drug-likeness (QED) is 0.831. The molecule has 1 saturated heterocycles. The highest BCUT2D eigenvalue weighted by Gasteiger charge is 2.30. The monoisotopic (exact) mass is 413 g/mol. The normalized spacial score (nSPS) is 16.3. The Morgan fingerprint density at radius 3 is 2.50 bits per heavy atom. The maximum absolute atomic E-state index is 13.2. The van der Waals surface area contributed by atoms with Crippen LogP contribution in [-0.2, 0) is 11.3 Å². The summed E-state index contributed by atoms with van der Waals surface area (Å²) in [5.41, 5.74) is 0.644. The number of fused-ring (bicyclic) bond motifs is 1. The zero-order chi connectivity index (χ0) is 21.1. The zero-order valence-corrected chi connectivity index (χ0v) is 17.3. The average molecular weight is 413 g/mol. The first-order chi connectivity index (χ1) is 14.5. The van der Waals surface area contributed by atoms with Crippen LogP contribution in [0.2, 0.25) is 0 Å². The van der Waals surface area contributed by atoms with Crippen molar-refractivity contribution in [3.05, 3.63) is 41.9 Å². The number of hydrogen-bond donors (Lipinski definition) is 1. The Bertz CT molecular complexity index is 917. The number of piperidine rings is 1. The highest BCUT2D eigenvalue weighted by molar-refractivity contribution is 5.90. The van der Waals surface area contributed by atoms with E-state index < -0.39 is 0 Å². The van der Waals surface area contributed by atoms with E-state index in [1.54, 1.807) is 30.0 Å². The molecule has 3 amide bonds. The summed E-state index contributed by atoms with van der Waals surface area (Å²) in [6, 6.07) is 8.98. The van der Waals surface area contributed by atoms with Crippen molar-refractivity contribution < 1.29 is 23.5 Å². The summed E-state index contributed by atoms with van der Waals surface area (Å²) in [4.78, 5) is 28.5. The fourth-order valence-corrected chi connectivity index (χ4v) is 3.91. The molecule has 3 heterocycles. The molecule has 1 fully saturated rings. The van der Waals surface area contributed by atoms with Crippen LogP contribution in [0.25, 0.3) is 0 Å². The summed E-state index contributed by atoms with van der Waals surface area (Å²) in [5.74, 6) is 2.92.